The smallest absolute Gasteiger partial charge is 0.349 e. The number of pyridine rings is 1. The number of rotatable bonds is 7. The van der Waals surface area contributed by atoms with E-state index in [0.717, 1.165) is 40.8 Å². The second kappa shape index (κ2) is 10.3. The van der Waals surface area contributed by atoms with Crippen LogP contribution < -0.4 is 5.32 Å². The lowest BCUT2D eigenvalue weighted by Gasteiger charge is -2.25. The van der Waals surface area contributed by atoms with Crippen LogP contribution in [0, 0.1) is 11.7 Å². The number of halogens is 4. The molecule has 2 atom stereocenters. The molecule has 3 aromatic rings. The van der Waals surface area contributed by atoms with E-state index in [4.69, 9.17) is 0 Å². The molecule has 1 aliphatic rings. The molecule has 1 amide bonds. The maximum absolute atomic E-state index is 13.3. The number of amides is 1. The predicted octanol–water partition coefficient (Wildman–Crippen LogP) is 3.58. The summed E-state index contributed by atoms with van der Waals surface area (Å²) in [7, 11) is -4.09. The number of alkyl halides is 3. The Morgan fingerprint density at radius 2 is 1.86 bits per heavy atom. The molecular formula is C24H21F4N5O3S. The van der Waals surface area contributed by atoms with Gasteiger partial charge < -0.3 is 5.32 Å². The molecule has 1 N–H and O–H groups in total. The zero-order chi connectivity index (χ0) is 26.8. The molecule has 1 aromatic carbocycles. The van der Waals surface area contributed by atoms with Crippen LogP contribution in [-0.4, -0.2) is 46.2 Å². The monoisotopic (exact) mass is 535 g/mol. The first kappa shape index (κ1) is 26.4. The van der Waals surface area contributed by atoms with Crippen LogP contribution in [0.5, 0.6) is 0 Å². The third-order valence-corrected chi connectivity index (χ3v) is 7.80. The fourth-order valence-corrected chi connectivity index (χ4v) is 5.67. The fraction of sp³-hybridized carbons (Fsp3) is 0.250. The average Bonchev–Trinajstić information content (AvgIpc) is 3.33. The molecule has 13 heteroatoms. The highest BCUT2D eigenvalue weighted by Crippen LogP contribution is 2.32. The second-order valence-corrected chi connectivity index (χ2v) is 10.1. The van der Waals surface area contributed by atoms with Crippen molar-refractivity contribution in [3.05, 3.63) is 84.8 Å². The molecule has 8 nitrogen and oxygen atoms in total. The summed E-state index contributed by atoms with van der Waals surface area (Å²) in [4.78, 5) is 24.5. The van der Waals surface area contributed by atoms with Crippen molar-refractivity contribution in [1.82, 2.24) is 24.6 Å². The molecule has 3 heterocycles. The summed E-state index contributed by atoms with van der Waals surface area (Å²) in [5.41, 5.74) is -0.0708. The Morgan fingerprint density at radius 3 is 2.49 bits per heavy atom. The second-order valence-electron chi connectivity index (χ2n) is 8.25. The number of aromatic nitrogens is 3. The van der Waals surface area contributed by atoms with Crippen molar-refractivity contribution >= 4 is 15.9 Å². The van der Waals surface area contributed by atoms with Gasteiger partial charge in [0.2, 0.25) is 15.9 Å². The van der Waals surface area contributed by atoms with Gasteiger partial charge in [0.15, 0.2) is 0 Å². The van der Waals surface area contributed by atoms with Crippen LogP contribution >= 0.6 is 0 Å². The van der Waals surface area contributed by atoms with Crippen LogP contribution in [0.4, 0.5) is 17.6 Å². The van der Waals surface area contributed by atoms with Crippen LogP contribution in [-0.2, 0) is 27.5 Å². The molecule has 4 rings (SSSR count). The van der Waals surface area contributed by atoms with E-state index in [1.54, 1.807) is 0 Å². The molecular weight excluding hydrogens is 514 g/mol. The Bertz CT molecular complexity index is 1400. The van der Waals surface area contributed by atoms with Gasteiger partial charge in [0.05, 0.1) is 22.8 Å². The highest BCUT2D eigenvalue weighted by atomic mass is 32.2. The lowest BCUT2D eigenvalue weighted by Crippen LogP contribution is -2.48. The summed E-state index contributed by atoms with van der Waals surface area (Å²) in [6, 6.07) is 6.81. The van der Waals surface area contributed by atoms with Crippen LogP contribution in [0.2, 0.25) is 0 Å². The normalized spacial score (nSPS) is 18.5. The molecule has 37 heavy (non-hydrogen) atoms. The number of nitrogens with zero attached hydrogens (tertiary/aromatic N) is 4. The molecule has 2 aromatic heterocycles. The van der Waals surface area contributed by atoms with Crippen molar-refractivity contribution in [2.24, 2.45) is 5.92 Å². The van der Waals surface area contributed by atoms with Crippen molar-refractivity contribution in [3.8, 4) is 11.3 Å². The Morgan fingerprint density at radius 1 is 1.14 bits per heavy atom. The topological polar surface area (TPSA) is 105 Å². The highest BCUT2D eigenvalue weighted by molar-refractivity contribution is 7.89. The Hall–Kier alpha value is -3.71. The zero-order valence-electron chi connectivity index (χ0n) is 19.2. The van der Waals surface area contributed by atoms with Crippen molar-refractivity contribution in [2.45, 2.75) is 30.1 Å². The van der Waals surface area contributed by atoms with Gasteiger partial charge in [-0.05, 0) is 48.9 Å². The van der Waals surface area contributed by atoms with E-state index >= 15 is 0 Å². The molecule has 0 spiro atoms. The average molecular weight is 536 g/mol. The molecule has 1 fully saturated rings. The number of carbonyl (C=O) groups excluding carboxylic acids is 1. The van der Waals surface area contributed by atoms with E-state index in [-0.39, 0.29) is 18.0 Å². The van der Waals surface area contributed by atoms with E-state index in [9.17, 15) is 30.8 Å². The standard InChI is InChI=1S/C24H21F4N5O3S/c1-2-15-9-10-33(37(35,36)19-6-4-17(25)5-7-19)22(15)23(34)30-13-18-11-20(32-14-31-18)16-3-8-21(29-12-16)24(26,27)28/h2-8,11-12,14-15,22H,1,9-10,13H2,(H,30,34). The van der Waals surface area contributed by atoms with E-state index in [2.05, 4.69) is 26.8 Å². The summed E-state index contributed by atoms with van der Waals surface area (Å²) in [5, 5.41) is 2.67. The van der Waals surface area contributed by atoms with Crippen LogP contribution in [0.3, 0.4) is 0 Å². The van der Waals surface area contributed by atoms with Crippen molar-refractivity contribution < 1.29 is 30.8 Å². The van der Waals surface area contributed by atoms with Crippen LogP contribution in [0.15, 0.2) is 72.5 Å². The van der Waals surface area contributed by atoms with E-state index < -0.39 is 45.6 Å². The largest absolute Gasteiger partial charge is 0.433 e. The fourth-order valence-electron chi connectivity index (χ4n) is 4.02. The van der Waals surface area contributed by atoms with Gasteiger partial charge in [-0.25, -0.2) is 22.8 Å². The summed E-state index contributed by atoms with van der Waals surface area (Å²) >= 11 is 0. The van der Waals surface area contributed by atoms with Crippen molar-refractivity contribution in [2.75, 3.05) is 6.54 Å². The van der Waals surface area contributed by atoms with Crippen molar-refractivity contribution in [3.63, 3.8) is 0 Å². The summed E-state index contributed by atoms with van der Waals surface area (Å²) in [6.07, 6.45) is -0.437. The first-order valence-electron chi connectivity index (χ1n) is 11.0. The molecule has 0 radical (unpaired) electrons. The van der Waals surface area contributed by atoms with Gasteiger partial charge in [0.1, 0.15) is 23.9 Å². The number of hydrogen-bond acceptors (Lipinski definition) is 6. The van der Waals surface area contributed by atoms with Gasteiger partial charge in [-0.2, -0.15) is 17.5 Å². The van der Waals surface area contributed by atoms with Gasteiger partial charge in [-0.1, -0.05) is 6.08 Å². The third kappa shape index (κ3) is 5.67. The Kier molecular flexibility index (Phi) is 7.37. The SMILES string of the molecule is C=CC1CCN(S(=O)(=O)c2ccc(F)cc2)C1C(=O)NCc1cc(-c2ccc(C(F)(F)F)nc2)ncn1. The summed E-state index contributed by atoms with van der Waals surface area (Å²) in [5.74, 6) is -1.62. The van der Waals surface area contributed by atoms with E-state index in [1.165, 1.54) is 24.5 Å². The third-order valence-electron chi connectivity index (χ3n) is 5.91. The molecule has 2 unspecified atom stereocenters. The van der Waals surface area contributed by atoms with Gasteiger partial charge >= 0.3 is 6.18 Å². The number of carbonyl (C=O) groups is 1. The van der Waals surface area contributed by atoms with Gasteiger partial charge in [0, 0.05) is 24.2 Å². The van der Waals surface area contributed by atoms with Gasteiger partial charge in [-0.3, -0.25) is 9.78 Å². The predicted molar refractivity (Wildman–Crippen MR) is 124 cm³/mol. The summed E-state index contributed by atoms with van der Waals surface area (Å²) in [6.45, 7) is 3.70. The molecule has 0 saturated carbocycles. The van der Waals surface area contributed by atoms with E-state index in [0.29, 0.717) is 23.4 Å². The molecule has 1 saturated heterocycles. The zero-order valence-corrected chi connectivity index (χ0v) is 20.0. The highest BCUT2D eigenvalue weighted by Gasteiger charge is 2.44. The number of nitrogens with one attached hydrogen (secondary N) is 1. The molecule has 194 valence electrons. The van der Waals surface area contributed by atoms with Crippen LogP contribution in [0.25, 0.3) is 11.3 Å². The Labute approximate surface area is 210 Å². The van der Waals surface area contributed by atoms with Crippen molar-refractivity contribution in [1.29, 1.82) is 0 Å². The maximum Gasteiger partial charge on any atom is 0.433 e. The lowest BCUT2D eigenvalue weighted by molar-refractivity contribution is -0.141. The minimum atomic E-state index is -4.57. The number of sulfonamides is 1. The molecule has 0 aliphatic carbocycles. The van der Waals surface area contributed by atoms with Crippen LogP contribution in [0.1, 0.15) is 17.8 Å². The number of benzene rings is 1. The lowest BCUT2D eigenvalue weighted by atomic mass is 10.0. The first-order valence-corrected chi connectivity index (χ1v) is 12.5. The summed E-state index contributed by atoms with van der Waals surface area (Å²) < 4.78 is 79.0. The Balaban J connectivity index is 1.50. The molecule has 1 aliphatic heterocycles. The van der Waals surface area contributed by atoms with E-state index in [1.807, 2.05) is 0 Å². The molecule has 0 bridgehead atoms. The quantitative estimate of drug-likeness (QED) is 0.366. The van der Waals surface area contributed by atoms with Gasteiger partial charge in [0.25, 0.3) is 0 Å². The van der Waals surface area contributed by atoms with Gasteiger partial charge in [-0.15, -0.1) is 6.58 Å². The minimum Gasteiger partial charge on any atom is -0.349 e. The first-order chi connectivity index (χ1) is 17.5. The number of hydrogen-bond donors (Lipinski definition) is 1. The minimum absolute atomic E-state index is 0.0764. The maximum atomic E-state index is 13.3.